The number of methoxy groups -OCH3 is 3. The second-order valence-corrected chi connectivity index (χ2v) is 8.28. The van der Waals surface area contributed by atoms with Gasteiger partial charge in [-0.05, 0) is 43.6 Å². The number of ether oxygens (including phenoxy) is 3. The van der Waals surface area contributed by atoms with Crippen LogP contribution < -0.4 is 30.2 Å². The van der Waals surface area contributed by atoms with Crippen LogP contribution in [0.4, 0.5) is 11.6 Å². The van der Waals surface area contributed by atoms with Crippen molar-refractivity contribution in [1.29, 1.82) is 0 Å². The van der Waals surface area contributed by atoms with Gasteiger partial charge in [0.05, 0.1) is 27.9 Å². The average Bonchev–Trinajstić information content (AvgIpc) is 3.29. The number of aromatic nitrogens is 2. The van der Waals surface area contributed by atoms with E-state index in [2.05, 4.69) is 30.9 Å². The van der Waals surface area contributed by atoms with E-state index in [9.17, 15) is 0 Å². The third kappa shape index (κ3) is 6.77. The Bertz CT molecular complexity index is 1090. The van der Waals surface area contributed by atoms with E-state index in [1.54, 1.807) is 44.8 Å². The number of nitrogens with one attached hydrogen (secondary N) is 3. The molecule has 0 aliphatic carbocycles. The van der Waals surface area contributed by atoms with Crippen LogP contribution in [0.1, 0.15) is 16.3 Å². The molecule has 0 bridgehead atoms. The summed E-state index contributed by atoms with van der Waals surface area (Å²) < 4.78 is 16.2. The van der Waals surface area contributed by atoms with E-state index in [-0.39, 0.29) is 0 Å². The summed E-state index contributed by atoms with van der Waals surface area (Å²) in [5.41, 5.74) is 2.35. The molecule has 3 aromatic rings. The van der Waals surface area contributed by atoms with Gasteiger partial charge in [-0.2, -0.15) is 0 Å². The van der Waals surface area contributed by atoms with Crippen molar-refractivity contribution in [2.45, 2.75) is 20.4 Å². The number of rotatable bonds is 7. The van der Waals surface area contributed by atoms with Crippen LogP contribution in [0, 0.1) is 13.8 Å². The Morgan fingerprint density at radius 3 is 2.21 bits per heavy atom. The second-order valence-electron chi connectivity index (χ2n) is 6.84. The minimum absolute atomic E-state index is 0.311. The lowest BCUT2D eigenvalue weighted by molar-refractivity contribution is 0.324. The van der Waals surface area contributed by atoms with E-state index >= 15 is 0 Å². The van der Waals surface area contributed by atoms with Gasteiger partial charge in [0.2, 0.25) is 17.7 Å². The SMILES string of the molecule is COc1cc(NC(=S)NC(=NCc2cccs2)Nc2nc(C)cc(C)n2)cc(OC)c1OC. The summed E-state index contributed by atoms with van der Waals surface area (Å²) in [7, 11) is 4.66. The van der Waals surface area contributed by atoms with E-state index in [1.165, 1.54) is 0 Å². The van der Waals surface area contributed by atoms with Crippen LogP contribution in [-0.2, 0) is 6.54 Å². The molecule has 0 atom stereocenters. The molecule has 3 rings (SSSR count). The van der Waals surface area contributed by atoms with E-state index < -0.39 is 0 Å². The van der Waals surface area contributed by atoms with Gasteiger partial charge in [0.25, 0.3) is 0 Å². The lowest BCUT2D eigenvalue weighted by Crippen LogP contribution is -2.39. The van der Waals surface area contributed by atoms with Gasteiger partial charge >= 0.3 is 0 Å². The fraction of sp³-hybridized carbons (Fsp3) is 0.273. The number of thiocarbonyl (C=S) groups is 1. The molecule has 0 saturated carbocycles. The second kappa shape index (κ2) is 11.4. The van der Waals surface area contributed by atoms with Crippen LogP contribution >= 0.6 is 23.6 Å². The summed E-state index contributed by atoms with van der Waals surface area (Å²) in [4.78, 5) is 14.6. The van der Waals surface area contributed by atoms with Gasteiger partial charge in [-0.25, -0.2) is 15.0 Å². The Hall–Kier alpha value is -3.44. The van der Waals surface area contributed by atoms with Crippen molar-refractivity contribution < 1.29 is 14.2 Å². The van der Waals surface area contributed by atoms with Gasteiger partial charge in [-0.3, -0.25) is 5.32 Å². The van der Waals surface area contributed by atoms with Crippen LogP contribution in [0.15, 0.2) is 40.7 Å². The van der Waals surface area contributed by atoms with E-state index in [0.29, 0.717) is 46.5 Å². The molecule has 0 amide bonds. The van der Waals surface area contributed by atoms with Gasteiger partial charge in [-0.1, -0.05) is 6.07 Å². The fourth-order valence-electron chi connectivity index (χ4n) is 2.98. The number of aliphatic imine (C=N–C) groups is 1. The molecular weight excluding hydrogens is 460 g/mol. The molecule has 2 heterocycles. The molecule has 2 aromatic heterocycles. The third-order valence-electron chi connectivity index (χ3n) is 4.34. The Morgan fingerprint density at radius 1 is 1.00 bits per heavy atom. The summed E-state index contributed by atoms with van der Waals surface area (Å²) in [6, 6.07) is 9.43. The number of aryl methyl sites for hydroxylation is 2. The van der Waals surface area contributed by atoms with Crippen molar-refractivity contribution in [1.82, 2.24) is 15.3 Å². The Kier molecular flexibility index (Phi) is 8.39. The normalized spacial score (nSPS) is 11.0. The fourth-order valence-corrected chi connectivity index (χ4v) is 3.82. The first-order valence-corrected chi connectivity index (χ1v) is 11.2. The highest BCUT2D eigenvalue weighted by Crippen LogP contribution is 2.39. The molecule has 0 saturated heterocycles. The zero-order chi connectivity index (χ0) is 23.8. The molecule has 3 N–H and O–H groups in total. The predicted molar refractivity (Wildman–Crippen MR) is 136 cm³/mol. The highest BCUT2D eigenvalue weighted by atomic mass is 32.1. The monoisotopic (exact) mass is 486 g/mol. The van der Waals surface area contributed by atoms with Gasteiger partial charge in [0.15, 0.2) is 16.6 Å². The van der Waals surface area contributed by atoms with Crippen molar-refractivity contribution in [3.8, 4) is 17.2 Å². The highest BCUT2D eigenvalue weighted by molar-refractivity contribution is 7.80. The summed E-state index contributed by atoms with van der Waals surface area (Å²) in [6.45, 7) is 4.30. The zero-order valence-corrected chi connectivity index (χ0v) is 20.7. The van der Waals surface area contributed by atoms with Gasteiger partial charge in [0.1, 0.15) is 0 Å². The van der Waals surface area contributed by atoms with Gasteiger partial charge in [-0.15, -0.1) is 11.3 Å². The van der Waals surface area contributed by atoms with Crippen LogP contribution in [-0.4, -0.2) is 42.4 Å². The lowest BCUT2D eigenvalue weighted by Gasteiger charge is -2.17. The van der Waals surface area contributed by atoms with Crippen molar-refractivity contribution in [2.75, 3.05) is 32.0 Å². The van der Waals surface area contributed by atoms with Gasteiger partial charge < -0.3 is 24.8 Å². The smallest absolute Gasteiger partial charge is 0.229 e. The number of anilines is 2. The molecule has 0 fully saturated rings. The largest absolute Gasteiger partial charge is 0.493 e. The number of hydrogen-bond acceptors (Lipinski definition) is 8. The molecule has 0 unspecified atom stereocenters. The number of nitrogens with zero attached hydrogens (tertiary/aromatic N) is 3. The van der Waals surface area contributed by atoms with Crippen molar-refractivity contribution in [3.05, 3.63) is 52.0 Å². The first-order valence-electron chi connectivity index (χ1n) is 9.96. The van der Waals surface area contributed by atoms with E-state index in [4.69, 9.17) is 26.4 Å². The molecule has 1 aromatic carbocycles. The standard InChI is InChI=1S/C22H26N6O3S2/c1-13-9-14(2)25-21(24-13)27-20(23-12-16-7-6-8-33-16)28-22(32)26-15-10-17(29-3)19(31-5)18(11-15)30-4/h6-11H,12H2,1-5H3,(H3,23,24,25,26,27,28,32). The molecule has 0 aliphatic heterocycles. The topological polar surface area (TPSA) is 102 Å². The number of hydrogen-bond donors (Lipinski definition) is 3. The van der Waals surface area contributed by atoms with Crippen LogP contribution in [0.2, 0.25) is 0 Å². The maximum Gasteiger partial charge on any atom is 0.229 e. The number of benzene rings is 1. The highest BCUT2D eigenvalue weighted by Gasteiger charge is 2.14. The minimum atomic E-state index is 0.311. The predicted octanol–water partition coefficient (Wildman–Crippen LogP) is 4.14. The minimum Gasteiger partial charge on any atom is -0.493 e. The summed E-state index contributed by atoms with van der Waals surface area (Å²) in [6.07, 6.45) is 0. The zero-order valence-electron chi connectivity index (χ0n) is 19.1. The molecule has 174 valence electrons. The quantitative estimate of drug-likeness (QED) is 0.258. The van der Waals surface area contributed by atoms with E-state index in [1.807, 2.05) is 37.4 Å². The maximum absolute atomic E-state index is 5.52. The molecule has 0 aliphatic rings. The first kappa shape index (κ1) is 24.2. The first-order chi connectivity index (χ1) is 15.9. The molecule has 0 radical (unpaired) electrons. The van der Waals surface area contributed by atoms with Crippen LogP contribution in [0.3, 0.4) is 0 Å². The average molecular weight is 487 g/mol. The number of thiophene rings is 1. The molecule has 33 heavy (non-hydrogen) atoms. The lowest BCUT2D eigenvalue weighted by atomic mass is 10.2. The molecule has 0 spiro atoms. The van der Waals surface area contributed by atoms with Crippen molar-refractivity contribution in [3.63, 3.8) is 0 Å². The molecule has 9 nitrogen and oxygen atoms in total. The summed E-state index contributed by atoms with van der Waals surface area (Å²) >= 11 is 7.15. The number of guanidine groups is 1. The Morgan fingerprint density at radius 2 is 1.67 bits per heavy atom. The van der Waals surface area contributed by atoms with Crippen molar-refractivity contribution >= 4 is 46.3 Å². The molecule has 11 heteroatoms. The Balaban J connectivity index is 1.80. The maximum atomic E-state index is 5.52. The Labute approximate surface area is 202 Å². The van der Waals surface area contributed by atoms with Gasteiger partial charge in [0, 0.05) is 34.1 Å². The van der Waals surface area contributed by atoms with Crippen molar-refractivity contribution in [2.24, 2.45) is 4.99 Å². The van der Waals surface area contributed by atoms with E-state index in [0.717, 1.165) is 16.3 Å². The third-order valence-corrected chi connectivity index (χ3v) is 5.41. The van der Waals surface area contributed by atoms with Crippen LogP contribution in [0.5, 0.6) is 17.2 Å². The molecular formula is C22H26N6O3S2. The summed E-state index contributed by atoms with van der Waals surface area (Å²) in [5, 5.41) is 11.7. The van der Waals surface area contributed by atoms with Crippen LogP contribution in [0.25, 0.3) is 0 Å². The summed E-state index contributed by atoms with van der Waals surface area (Å²) in [5.74, 6) is 2.36.